The molecule has 2 saturated heterocycles. The van der Waals surface area contributed by atoms with E-state index in [9.17, 15) is 4.79 Å². The quantitative estimate of drug-likeness (QED) is 0.848. The lowest BCUT2D eigenvalue weighted by Gasteiger charge is -2.32. The summed E-state index contributed by atoms with van der Waals surface area (Å²) in [5, 5.41) is 2.97. The van der Waals surface area contributed by atoms with E-state index < -0.39 is 0 Å². The number of hydrogen-bond acceptors (Lipinski definition) is 3. The predicted octanol–water partition coefficient (Wildman–Crippen LogP) is 3.00. The number of likely N-dealkylation sites (tertiary alicyclic amines) is 1. The molecule has 0 saturated carbocycles. The number of carbonyl (C=O) groups is 1. The fourth-order valence-corrected chi connectivity index (χ4v) is 3.00. The maximum atomic E-state index is 12.2. The zero-order chi connectivity index (χ0) is 17.4. The summed E-state index contributed by atoms with van der Waals surface area (Å²) in [5.41, 5.74) is 1.06. The fourth-order valence-electron chi connectivity index (χ4n) is 3.00. The number of urea groups is 1. The Labute approximate surface area is 144 Å². The van der Waals surface area contributed by atoms with Crippen LogP contribution in [0.2, 0.25) is 0 Å². The number of hydrogen-bond donors (Lipinski definition) is 1. The molecule has 2 heterocycles. The minimum atomic E-state index is -0.373. The van der Waals surface area contributed by atoms with Crippen molar-refractivity contribution < 1.29 is 14.1 Å². The number of nitrogens with zero attached hydrogens (tertiary/aromatic N) is 1. The maximum absolute atomic E-state index is 12.2. The van der Waals surface area contributed by atoms with Crippen molar-refractivity contribution in [3.8, 4) is 0 Å². The molecule has 0 aliphatic carbocycles. The van der Waals surface area contributed by atoms with Crippen LogP contribution in [0.5, 0.6) is 0 Å². The second-order valence-electron chi connectivity index (χ2n) is 7.69. The highest BCUT2D eigenvalue weighted by Gasteiger charge is 2.51. The second-order valence-corrected chi connectivity index (χ2v) is 7.69. The third-order valence-corrected chi connectivity index (χ3v) is 5.33. The molecule has 6 heteroatoms. The van der Waals surface area contributed by atoms with Gasteiger partial charge in [-0.2, -0.15) is 0 Å². The van der Waals surface area contributed by atoms with Gasteiger partial charge in [-0.25, -0.2) is 4.79 Å². The fraction of sp³-hybridized carbons (Fsp3) is 0.611. The molecule has 2 amide bonds. The van der Waals surface area contributed by atoms with Gasteiger partial charge in [0.15, 0.2) is 0 Å². The Balaban J connectivity index is 1.63. The van der Waals surface area contributed by atoms with Crippen molar-refractivity contribution in [2.45, 2.75) is 58.2 Å². The molecule has 24 heavy (non-hydrogen) atoms. The molecule has 0 unspecified atom stereocenters. The van der Waals surface area contributed by atoms with Gasteiger partial charge in [0.1, 0.15) is 0 Å². The van der Waals surface area contributed by atoms with Crippen molar-refractivity contribution in [1.29, 1.82) is 0 Å². The van der Waals surface area contributed by atoms with Crippen LogP contribution in [0, 0.1) is 0 Å². The van der Waals surface area contributed by atoms with Crippen LogP contribution in [0.3, 0.4) is 0 Å². The average molecular weight is 330 g/mol. The summed E-state index contributed by atoms with van der Waals surface area (Å²) in [6.45, 7) is 9.86. The minimum absolute atomic E-state index is 0.0157. The van der Waals surface area contributed by atoms with E-state index in [-0.39, 0.29) is 24.4 Å². The molecule has 5 nitrogen and oxygen atoms in total. The van der Waals surface area contributed by atoms with Gasteiger partial charge in [0.05, 0.1) is 11.2 Å². The molecule has 0 bridgehead atoms. The lowest BCUT2D eigenvalue weighted by Crippen LogP contribution is -2.41. The normalized spacial score (nSPS) is 22.5. The Morgan fingerprint density at radius 2 is 1.54 bits per heavy atom. The Bertz CT molecular complexity index is 579. The molecule has 3 rings (SSSR count). The summed E-state index contributed by atoms with van der Waals surface area (Å²) >= 11 is 0. The monoisotopic (exact) mass is 330 g/mol. The van der Waals surface area contributed by atoms with E-state index in [1.165, 1.54) is 6.42 Å². The van der Waals surface area contributed by atoms with Gasteiger partial charge >= 0.3 is 13.1 Å². The van der Waals surface area contributed by atoms with Crippen molar-refractivity contribution in [3.63, 3.8) is 0 Å². The zero-order valence-corrected chi connectivity index (χ0v) is 15.1. The van der Waals surface area contributed by atoms with Gasteiger partial charge in [-0.05, 0) is 64.6 Å². The van der Waals surface area contributed by atoms with Gasteiger partial charge in [-0.15, -0.1) is 0 Å². The highest BCUT2D eigenvalue weighted by Crippen LogP contribution is 2.36. The van der Waals surface area contributed by atoms with Crippen LogP contribution in [-0.2, 0) is 9.31 Å². The second kappa shape index (κ2) is 6.41. The molecule has 0 radical (unpaired) electrons. The van der Waals surface area contributed by atoms with Gasteiger partial charge < -0.3 is 19.5 Å². The maximum Gasteiger partial charge on any atom is 0.494 e. The molecule has 2 aliphatic heterocycles. The molecule has 1 aromatic rings. The highest BCUT2D eigenvalue weighted by molar-refractivity contribution is 6.62. The molecule has 130 valence electrons. The summed E-state index contributed by atoms with van der Waals surface area (Å²) in [6.07, 6.45) is 3.40. The van der Waals surface area contributed by atoms with Crippen molar-refractivity contribution in [2.75, 3.05) is 18.4 Å². The lowest BCUT2D eigenvalue weighted by atomic mass is 9.79. The van der Waals surface area contributed by atoms with Gasteiger partial charge in [0.2, 0.25) is 0 Å². The summed E-state index contributed by atoms with van der Waals surface area (Å²) in [6, 6.07) is 7.70. The average Bonchev–Trinajstić information content (AvgIpc) is 2.77. The van der Waals surface area contributed by atoms with Gasteiger partial charge in [-0.3, -0.25) is 0 Å². The van der Waals surface area contributed by atoms with Crippen LogP contribution in [0.4, 0.5) is 10.5 Å². The largest absolute Gasteiger partial charge is 0.494 e. The third-order valence-electron chi connectivity index (χ3n) is 5.33. The molecule has 0 aromatic heterocycles. The number of anilines is 1. The first-order valence-corrected chi connectivity index (χ1v) is 8.80. The van der Waals surface area contributed by atoms with Gasteiger partial charge in [0.25, 0.3) is 0 Å². The van der Waals surface area contributed by atoms with Crippen LogP contribution in [-0.4, -0.2) is 42.3 Å². The Morgan fingerprint density at radius 3 is 2.08 bits per heavy atom. The number of nitrogens with one attached hydrogen (secondary N) is 1. The van der Waals surface area contributed by atoms with Crippen molar-refractivity contribution in [2.24, 2.45) is 0 Å². The predicted molar refractivity (Wildman–Crippen MR) is 96.6 cm³/mol. The molecular formula is C18H27BN2O3. The first-order chi connectivity index (χ1) is 11.3. The van der Waals surface area contributed by atoms with Crippen LogP contribution >= 0.6 is 0 Å². The minimum Gasteiger partial charge on any atom is -0.399 e. The molecule has 2 aliphatic rings. The number of amides is 2. The van der Waals surface area contributed by atoms with Crippen molar-refractivity contribution >= 4 is 24.3 Å². The van der Waals surface area contributed by atoms with Crippen molar-refractivity contribution in [3.05, 3.63) is 24.3 Å². The molecule has 1 N–H and O–H groups in total. The Morgan fingerprint density at radius 1 is 1.00 bits per heavy atom. The van der Waals surface area contributed by atoms with E-state index in [0.717, 1.165) is 37.1 Å². The number of carbonyl (C=O) groups excluding carboxylic acids is 1. The smallest absolute Gasteiger partial charge is 0.399 e. The van der Waals surface area contributed by atoms with Gasteiger partial charge in [0, 0.05) is 18.8 Å². The first kappa shape index (κ1) is 17.3. The molecule has 1 aromatic carbocycles. The van der Waals surface area contributed by atoms with E-state index in [1.807, 2.05) is 56.9 Å². The van der Waals surface area contributed by atoms with E-state index >= 15 is 0 Å². The lowest BCUT2D eigenvalue weighted by molar-refractivity contribution is 0.00578. The van der Waals surface area contributed by atoms with Crippen LogP contribution < -0.4 is 10.8 Å². The number of piperidine rings is 1. The number of benzene rings is 1. The standard InChI is InChI=1S/C18H27BN2O3/c1-17(2)18(3,4)24-19(23-17)14-8-10-15(11-9-14)20-16(22)21-12-6-5-7-13-21/h8-11H,5-7,12-13H2,1-4H3,(H,20,22). The first-order valence-electron chi connectivity index (χ1n) is 8.80. The van der Waals surface area contributed by atoms with E-state index in [1.54, 1.807) is 0 Å². The molecule has 0 atom stereocenters. The van der Waals surface area contributed by atoms with Gasteiger partial charge in [-0.1, -0.05) is 12.1 Å². The SMILES string of the molecule is CC1(C)OB(c2ccc(NC(=O)N3CCCCC3)cc2)OC1(C)C. The summed E-state index contributed by atoms with van der Waals surface area (Å²) < 4.78 is 12.1. The Hall–Kier alpha value is -1.53. The van der Waals surface area contributed by atoms with Crippen molar-refractivity contribution in [1.82, 2.24) is 4.90 Å². The zero-order valence-electron chi connectivity index (χ0n) is 15.1. The van der Waals surface area contributed by atoms with Crippen LogP contribution in [0.15, 0.2) is 24.3 Å². The third kappa shape index (κ3) is 3.45. The van der Waals surface area contributed by atoms with Crippen LogP contribution in [0.1, 0.15) is 47.0 Å². The molecule has 0 spiro atoms. The topological polar surface area (TPSA) is 50.8 Å². The summed E-state index contributed by atoms with van der Waals surface area (Å²) in [7, 11) is -0.373. The highest BCUT2D eigenvalue weighted by atomic mass is 16.7. The molecule has 2 fully saturated rings. The Kier molecular flexibility index (Phi) is 4.62. The van der Waals surface area contributed by atoms with Crippen LogP contribution in [0.25, 0.3) is 0 Å². The molecular weight excluding hydrogens is 303 g/mol. The number of rotatable bonds is 2. The van der Waals surface area contributed by atoms with E-state index in [2.05, 4.69) is 5.32 Å². The van der Waals surface area contributed by atoms with E-state index in [0.29, 0.717) is 0 Å². The summed E-state index contributed by atoms with van der Waals surface area (Å²) in [5.74, 6) is 0. The summed E-state index contributed by atoms with van der Waals surface area (Å²) in [4.78, 5) is 14.1. The van der Waals surface area contributed by atoms with E-state index in [4.69, 9.17) is 9.31 Å².